The van der Waals surface area contributed by atoms with Gasteiger partial charge in [-0.2, -0.15) is 23.5 Å². The number of anilines is 1. The minimum absolute atomic E-state index is 0.0878. The van der Waals surface area contributed by atoms with Crippen molar-refractivity contribution in [2.24, 2.45) is 0 Å². The minimum atomic E-state index is -4.72. The predicted molar refractivity (Wildman–Crippen MR) is 78.8 cm³/mol. The fourth-order valence-electron chi connectivity index (χ4n) is 2.81. The zero-order chi connectivity index (χ0) is 18.2. The number of carbonyl (C=O) groups excluding carboxylic acids is 1. The van der Waals surface area contributed by atoms with Gasteiger partial charge in [0, 0.05) is 5.69 Å². The number of nitrogens with one attached hydrogen (secondary N) is 1. The van der Waals surface area contributed by atoms with Gasteiger partial charge in [-0.15, -0.1) is 0 Å². The third-order valence-electron chi connectivity index (χ3n) is 4.30. The Morgan fingerprint density at radius 1 is 1.36 bits per heavy atom. The molecule has 2 aromatic rings. The molecule has 1 amide bonds. The second-order valence-corrected chi connectivity index (χ2v) is 5.81. The first-order chi connectivity index (χ1) is 11.8. The third-order valence-corrected chi connectivity index (χ3v) is 4.30. The summed E-state index contributed by atoms with van der Waals surface area (Å²) in [4.78, 5) is 12.6. The zero-order valence-electron chi connectivity index (χ0n) is 12.8. The van der Waals surface area contributed by atoms with E-state index in [2.05, 4.69) is 10.4 Å². The first-order valence-electron chi connectivity index (χ1n) is 7.40. The molecule has 0 saturated heterocycles. The fourth-order valence-corrected chi connectivity index (χ4v) is 2.81. The molecule has 0 aliphatic heterocycles. The normalized spacial score (nSPS) is 16.0. The molecule has 0 bridgehead atoms. The van der Waals surface area contributed by atoms with E-state index in [1.165, 1.54) is 16.8 Å². The molecule has 25 heavy (non-hydrogen) atoms. The highest BCUT2D eigenvalue weighted by Crippen LogP contribution is 2.40. The van der Waals surface area contributed by atoms with Crippen molar-refractivity contribution in [3.63, 3.8) is 0 Å². The van der Waals surface area contributed by atoms with Crippen LogP contribution in [-0.2, 0) is 16.5 Å². The van der Waals surface area contributed by atoms with E-state index in [9.17, 15) is 22.4 Å². The highest BCUT2D eigenvalue weighted by molar-refractivity contribution is 5.97. The van der Waals surface area contributed by atoms with E-state index in [0.29, 0.717) is 18.9 Å². The molecule has 1 heterocycles. The molecule has 1 aliphatic carbocycles. The molecule has 0 radical (unpaired) electrons. The SMILES string of the molecule is N#Cc1ccc(NC(=O)C2(n3cc(F)cn3)CCC2)cc1C(F)(F)F. The summed E-state index contributed by atoms with van der Waals surface area (Å²) in [6.45, 7) is 0. The summed E-state index contributed by atoms with van der Waals surface area (Å²) in [5, 5.41) is 15.0. The van der Waals surface area contributed by atoms with Crippen molar-refractivity contribution in [1.82, 2.24) is 9.78 Å². The second kappa shape index (κ2) is 5.88. The van der Waals surface area contributed by atoms with Crippen molar-refractivity contribution < 1.29 is 22.4 Å². The summed E-state index contributed by atoms with van der Waals surface area (Å²) in [5.74, 6) is -1.17. The lowest BCUT2D eigenvalue weighted by Gasteiger charge is -2.40. The van der Waals surface area contributed by atoms with Crippen LogP contribution in [0, 0.1) is 17.1 Å². The minimum Gasteiger partial charge on any atom is -0.324 e. The molecule has 5 nitrogen and oxygen atoms in total. The van der Waals surface area contributed by atoms with Crippen molar-refractivity contribution in [1.29, 1.82) is 5.26 Å². The molecular weight excluding hydrogens is 340 g/mol. The van der Waals surface area contributed by atoms with Crippen LogP contribution < -0.4 is 5.32 Å². The highest BCUT2D eigenvalue weighted by atomic mass is 19.4. The maximum absolute atomic E-state index is 13.2. The molecular formula is C16H12F4N4O. The van der Waals surface area contributed by atoms with Crippen LogP contribution in [0.2, 0.25) is 0 Å². The van der Waals surface area contributed by atoms with Crippen molar-refractivity contribution in [3.8, 4) is 6.07 Å². The summed E-state index contributed by atoms with van der Waals surface area (Å²) < 4.78 is 53.4. The summed E-state index contributed by atoms with van der Waals surface area (Å²) >= 11 is 0. The quantitative estimate of drug-likeness (QED) is 0.861. The maximum Gasteiger partial charge on any atom is 0.417 e. The molecule has 1 aliphatic rings. The Morgan fingerprint density at radius 3 is 2.56 bits per heavy atom. The van der Waals surface area contributed by atoms with Gasteiger partial charge in [-0.05, 0) is 37.5 Å². The lowest BCUT2D eigenvalue weighted by Crippen LogP contribution is -2.51. The van der Waals surface area contributed by atoms with Crippen molar-refractivity contribution in [2.45, 2.75) is 31.0 Å². The van der Waals surface area contributed by atoms with Crippen LogP contribution in [0.5, 0.6) is 0 Å². The smallest absolute Gasteiger partial charge is 0.324 e. The van der Waals surface area contributed by atoms with Crippen molar-refractivity contribution in [3.05, 3.63) is 47.5 Å². The van der Waals surface area contributed by atoms with Crippen LogP contribution in [0.3, 0.4) is 0 Å². The van der Waals surface area contributed by atoms with Crippen LogP contribution in [0.1, 0.15) is 30.4 Å². The van der Waals surface area contributed by atoms with Gasteiger partial charge in [0.1, 0.15) is 5.54 Å². The summed E-state index contributed by atoms with van der Waals surface area (Å²) in [6.07, 6.45) is -1.14. The van der Waals surface area contributed by atoms with E-state index in [1.54, 1.807) is 0 Å². The van der Waals surface area contributed by atoms with Gasteiger partial charge >= 0.3 is 6.18 Å². The summed E-state index contributed by atoms with van der Waals surface area (Å²) in [6, 6.07) is 4.41. The van der Waals surface area contributed by atoms with Gasteiger partial charge in [-0.3, -0.25) is 9.48 Å². The Bertz CT molecular complexity index is 862. The number of hydrogen-bond acceptors (Lipinski definition) is 3. The number of aromatic nitrogens is 2. The Labute approximate surface area is 139 Å². The van der Waals surface area contributed by atoms with E-state index in [0.717, 1.165) is 24.9 Å². The van der Waals surface area contributed by atoms with Gasteiger partial charge in [0.05, 0.1) is 29.6 Å². The largest absolute Gasteiger partial charge is 0.417 e. The Morgan fingerprint density at radius 2 is 2.08 bits per heavy atom. The summed E-state index contributed by atoms with van der Waals surface area (Å²) in [7, 11) is 0. The van der Waals surface area contributed by atoms with E-state index in [-0.39, 0.29) is 5.69 Å². The number of nitriles is 1. The standard InChI is InChI=1S/C16H12F4N4O/c17-11-8-22-24(9-11)15(4-1-5-15)14(25)23-12-3-2-10(7-21)13(6-12)16(18,19)20/h2-3,6,8-9H,1,4-5H2,(H,23,25). The van der Waals surface area contributed by atoms with Crippen LogP contribution in [0.25, 0.3) is 0 Å². The van der Waals surface area contributed by atoms with E-state index in [4.69, 9.17) is 5.26 Å². The molecule has 1 fully saturated rings. The van der Waals surface area contributed by atoms with Gasteiger partial charge < -0.3 is 5.32 Å². The first kappa shape index (κ1) is 17.0. The molecule has 3 rings (SSSR count). The zero-order valence-corrected chi connectivity index (χ0v) is 12.8. The van der Waals surface area contributed by atoms with Crippen LogP contribution in [0.4, 0.5) is 23.2 Å². The maximum atomic E-state index is 13.2. The molecule has 130 valence electrons. The molecule has 0 unspecified atom stereocenters. The highest BCUT2D eigenvalue weighted by Gasteiger charge is 2.47. The average molecular weight is 352 g/mol. The fraction of sp³-hybridized carbons (Fsp3) is 0.312. The molecule has 1 aromatic carbocycles. The number of amides is 1. The number of nitrogens with zero attached hydrogens (tertiary/aromatic N) is 3. The molecule has 1 saturated carbocycles. The summed E-state index contributed by atoms with van der Waals surface area (Å²) in [5.41, 5.74) is -2.86. The number of rotatable bonds is 3. The van der Waals surface area contributed by atoms with E-state index in [1.807, 2.05) is 0 Å². The van der Waals surface area contributed by atoms with Gasteiger partial charge in [0.25, 0.3) is 5.91 Å². The van der Waals surface area contributed by atoms with Crippen LogP contribution in [-0.4, -0.2) is 15.7 Å². The van der Waals surface area contributed by atoms with Crippen molar-refractivity contribution in [2.75, 3.05) is 5.32 Å². The average Bonchev–Trinajstić information content (AvgIpc) is 2.92. The van der Waals surface area contributed by atoms with Crippen LogP contribution >= 0.6 is 0 Å². The predicted octanol–water partition coefficient (Wildman–Crippen LogP) is 3.43. The molecule has 9 heteroatoms. The monoisotopic (exact) mass is 352 g/mol. The van der Waals surface area contributed by atoms with E-state index >= 15 is 0 Å². The topological polar surface area (TPSA) is 70.7 Å². The number of benzene rings is 1. The Balaban J connectivity index is 1.89. The Hall–Kier alpha value is -2.89. The van der Waals surface area contributed by atoms with E-state index < -0.39 is 34.6 Å². The molecule has 0 spiro atoms. The number of carbonyl (C=O) groups is 1. The number of hydrogen-bond donors (Lipinski definition) is 1. The van der Waals surface area contributed by atoms with Crippen molar-refractivity contribution >= 4 is 11.6 Å². The third kappa shape index (κ3) is 2.95. The molecule has 1 N–H and O–H groups in total. The number of alkyl halides is 3. The Kier molecular flexibility index (Phi) is 3.99. The second-order valence-electron chi connectivity index (χ2n) is 5.81. The molecule has 1 aromatic heterocycles. The van der Waals surface area contributed by atoms with Gasteiger partial charge in [0.15, 0.2) is 5.82 Å². The molecule has 0 atom stereocenters. The van der Waals surface area contributed by atoms with Gasteiger partial charge in [0.2, 0.25) is 0 Å². The van der Waals surface area contributed by atoms with Gasteiger partial charge in [-0.1, -0.05) is 0 Å². The lowest BCUT2D eigenvalue weighted by molar-refractivity contribution is -0.137. The van der Waals surface area contributed by atoms with Gasteiger partial charge in [-0.25, -0.2) is 4.39 Å². The first-order valence-corrected chi connectivity index (χ1v) is 7.40. The van der Waals surface area contributed by atoms with Crippen LogP contribution in [0.15, 0.2) is 30.6 Å². The number of halogens is 4. The lowest BCUT2D eigenvalue weighted by atomic mass is 9.76.